The van der Waals surface area contributed by atoms with Gasteiger partial charge in [-0.05, 0) is 48.3 Å². The van der Waals surface area contributed by atoms with Gasteiger partial charge >= 0.3 is 0 Å². The van der Waals surface area contributed by atoms with E-state index in [1.807, 2.05) is 6.92 Å². The van der Waals surface area contributed by atoms with Gasteiger partial charge in [-0.1, -0.05) is 18.2 Å². The summed E-state index contributed by atoms with van der Waals surface area (Å²) < 4.78 is 5.90. The van der Waals surface area contributed by atoms with Crippen LogP contribution < -0.4 is 10.1 Å². The minimum absolute atomic E-state index is 0.286. The second-order valence-corrected chi connectivity index (χ2v) is 6.35. The molecule has 1 N–H and O–H groups in total. The zero-order valence-electron chi connectivity index (χ0n) is 13.1. The summed E-state index contributed by atoms with van der Waals surface area (Å²) in [5.41, 5.74) is 2.66. The molecule has 0 aliphatic carbocycles. The Balaban J connectivity index is 1.98. The minimum atomic E-state index is 0.286. The second kappa shape index (κ2) is 7.77. The predicted molar refractivity (Wildman–Crippen MR) is 92.8 cm³/mol. The molecule has 2 heterocycles. The fraction of sp³-hybridized carbons (Fsp3) is 0.444. The van der Waals surface area contributed by atoms with Crippen molar-refractivity contribution in [1.29, 1.82) is 0 Å². The predicted octanol–water partition coefficient (Wildman–Crippen LogP) is 3.53. The van der Waals surface area contributed by atoms with E-state index >= 15 is 0 Å². The first-order valence-electron chi connectivity index (χ1n) is 8.08. The molecule has 0 radical (unpaired) electrons. The van der Waals surface area contributed by atoms with Crippen LogP contribution in [-0.2, 0) is 0 Å². The Bertz CT molecular complexity index is 562. The van der Waals surface area contributed by atoms with Gasteiger partial charge in [0.15, 0.2) is 0 Å². The second-order valence-electron chi connectivity index (χ2n) is 5.57. The lowest BCUT2D eigenvalue weighted by molar-refractivity contribution is 0.233. The van der Waals surface area contributed by atoms with Crippen LogP contribution in [0.4, 0.5) is 0 Å². The molecule has 1 aromatic heterocycles. The zero-order valence-corrected chi connectivity index (χ0v) is 13.9. The number of hydrogen-bond acceptors (Lipinski definition) is 4. The third-order valence-corrected chi connectivity index (χ3v) is 4.81. The lowest BCUT2D eigenvalue weighted by Gasteiger charge is -2.31. The summed E-state index contributed by atoms with van der Waals surface area (Å²) in [6.45, 7) is 7.10. The van der Waals surface area contributed by atoms with E-state index in [0.717, 1.165) is 31.9 Å². The largest absolute Gasteiger partial charge is 0.494 e. The van der Waals surface area contributed by atoms with Crippen molar-refractivity contribution in [2.45, 2.75) is 19.4 Å². The van der Waals surface area contributed by atoms with E-state index < -0.39 is 0 Å². The fourth-order valence-corrected chi connectivity index (χ4v) is 3.81. The number of thiophene rings is 1. The molecule has 1 unspecified atom stereocenters. The normalized spacial score (nSPS) is 17.9. The molecule has 4 heteroatoms. The Morgan fingerprint density at radius 2 is 2.14 bits per heavy atom. The van der Waals surface area contributed by atoms with Gasteiger partial charge in [0.2, 0.25) is 0 Å². The van der Waals surface area contributed by atoms with Crippen molar-refractivity contribution >= 4 is 11.3 Å². The van der Waals surface area contributed by atoms with Crippen LogP contribution in [0.25, 0.3) is 0 Å². The Labute approximate surface area is 136 Å². The maximum absolute atomic E-state index is 5.90. The SMILES string of the molecule is CCOc1ccccc1C(c1ccsc1)N1CCCNCC1. The van der Waals surface area contributed by atoms with Crippen molar-refractivity contribution in [3.63, 3.8) is 0 Å². The summed E-state index contributed by atoms with van der Waals surface area (Å²) in [4.78, 5) is 2.58. The van der Waals surface area contributed by atoms with Gasteiger partial charge < -0.3 is 10.1 Å². The first kappa shape index (κ1) is 15.5. The van der Waals surface area contributed by atoms with Crippen LogP contribution in [0.5, 0.6) is 5.75 Å². The highest BCUT2D eigenvalue weighted by Gasteiger charge is 2.26. The summed E-state index contributed by atoms with van der Waals surface area (Å²) in [5.74, 6) is 1.01. The molecule has 22 heavy (non-hydrogen) atoms. The summed E-state index contributed by atoms with van der Waals surface area (Å²) in [7, 11) is 0. The third-order valence-electron chi connectivity index (χ3n) is 4.11. The van der Waals surface area contributed by atoms with Gasteiger partial charge in [0.1, 0.15) is 5.75 Å². The van der Waals surface area contributed by atoms with Crippen LogP contribution in [0, 0.1) is 0 Å². The maximum atomic E-state index is 5.90. The van der Waals surface area contributed by atoms with Gasteiger partial charge in [0, 0.05) is 25.2 Å². The van der Waals surface area contributed by atoms with E-state index in [-0.39, 0.29) is 6.04 Å². The first-order valence-corrected chi connectivity index (χ1v) is 9.03. The molecule has 118 valence electrons. The van der Waals surface area contributed by atoms with Gasteiger partial charge in [-0.2, -0.15) is 11.3 Å². The van der Waals surface area contributed by atoms with Crippen molar-refractivity contribution < 1.29 is 4.74 Å². The quantitative estimate of drug-likeness (QED) is 0.913. The standard InChI is InChI=1S/C18H24N2OS/c1-2-21-17-7-4-3-6-16(17)18(15-8-13-22-14-15)20-11-5-9-19-10-12-20/h3-4,6-8,13-14,18-19H,2,5,9-12H2,1H3. The molecule has 1 saturated heterocycles. The Kier molecular flexibility index (Phi) is 5.48. The lowest BCUT2D eigenvalue weighted by Crippen LogP contribution is -2.33. The fourth-order valence-electron chi connectivity index (χ4n) is 3.14. The van der Waals surface area contributed by atoms with E-state index in [0.29, 0.717) is 6.61 Å². The van der Waals surface area contributed by atoms with E-state index in [1.54, 1.807) is 11.3 Å². The third kappa shape index (κ3) is 3.51. The highest BCUT2D eigenvalue weighted by atomic mass is 32.1. The highest BCUT2D eigenvalue weighted by Crippen LogP contribution is 2.35. The number of benzene rings is 1. The van der Waals surface area contributed by atoms with Crippen LogP contribution in [0.15, 0.2) is 41.1 Å². The molecule has 3 rings (SSSR count). The number of nitrogens with zero attached hydrogens (tertiary/aromatic N) is 1. The topological polar surface area (TPSA) is 24.5 Å². The molecule has 0 saturated carbocycles. The van der Waals surface area contributed by atoms with Gasteiger partial charge in [-0.3, -0.25) is 4.90 Å². The number of nitrogens with one attached hydrogen (secondary N) is 1. The zero-order chi connectivity index (χ0) is 15.2. The van der Waals surface area contributed by atoms with E-state index in [1.165, 1.54) is 17.5 Å². The van der Waals surface area contributed by atoms with Crippen LogP contribution >= 0.6 is 11.3 Å². The average Bonchev–Trinajstić information content (AvgIpc) is 2.93. The molecule has 1 fully saturated rings. The summed E-state index contributed by atoms with van der Waals surface area (Å²) in [6, 6.07) is 11.0. The molecule has 3 nitrogen and oxygen atoms in total. The van der Waals surface area contributed by atoms with E-state index in [9.17, 15) is 0 Å². The van der Waals surface area contributed by atoms with Crippen LogP contribution in [0.1, 0.15) is 30.5 Å². The van der Waals surface area contributed by atoms with Gasteiger partial charge in [-0.15, -0.1) is 0 Å². The molecule has 1 aromatic carbocycles. The monoisotopic (exact) mass is 316 g/mol. The molecule has 1 atom stereocenters. The number of hydrogen-bond donors (Lipinski definition) is 1. The molecule has 0 spiro atoms. The maximum Gasteiger partial charge on any atom is 0.124 e. The van der Waals surface area contributed by atoms with Crippen molar-refractivity contribution in [2.24, 2.45) is 0 Å². The molecular formula is C18H24N2OS. The number of para-hydroxylation sites is 1. The molecular weight excluding hydrogens is 292 g/mol. The highest BCUT2D eigenvalue weighted by molar-refractivity contribution is 7.08. The van der Waals surface area contributed by atoms with Gasteiger partial charge in [0.25, 0.3) is 0 Å². The lowest BCUT2D eigenvalue weighted by atomic mass is 9.98. The smallest absolute Gasteiger partial charge is 0.124 e. The van der Waals surface area contributed by atoms with Crippen molar-refractivity contribution in [1.82, 2.24) is 10.2 Å². The summed E-state index contributed by atoms with van der Waals surface area (Å²) in [5, 5.41) is 7.94. The molecule has 0 amide bonds. The van der Waals surface area contributed by atoms with Crippen molar-refractivity contribution in [3.8, 4) is 5.75 Å². The Morgan fingerprint density at radius 1 is 1.23 bits per heavy atom. The van der Waals surface area contributed by atoms with Gasteiger partial charge in [-0.25, -0.2) is 0 Å². The minimum Gasteiger partial charge on any atom is -0.494 e. The first-order chi connectivity index (χ1) is 10.9. The number of rotatable bonds is 5. The van der Waals surface area contributed by atoms with Crippen LogP contribution in [0.3, 0.4) is 0 Å². The Morgan fingerprint density at radius 3 is 2.95 bits per heavy atom. The van der Waals surface area contributed by atoms with Gasteiger partial charge in [0.05, 0.1) is 12.6 Å². The molecule has 2 aromatic rings. The molecule has 0 bridgehead atoms. The Hall–Kier alpha value is -1.36. The van der Waals surface area contributed by atoms with Crippen LogP contribution in [-0.4, -0.2) is 37.7 Å². The van der Waals surface area contributed by atoms with Crippen molar-refractivity contribution in [3.05, 3.63) is 52.2 Å². The van der Waals surface area contributed by atoms with E-state index in [4.69, 9.17) is 4.74 Å². The molecule has 1 aliphatic rings. The van der Waals surface area contributed by atoms with Crippen molar-refractivity contribution in [2.75, 3.05) is 32.8 Å². The van der Waals surface area contributed by atoms with E-state index in [2.05, 4.69) is 51.3 Å². The summed E-state index contributed by atoms with van der Waals surface area (Å²) >= 11 is 1.77. The average molecular weight is 316 g/mol. The van der Waals surface area contributed by atoms with Crippen LogP contribution in [0.2, 0.25) is 0 Å². The molecule has 1 aliphatic heterocycles. The number of ether oxygens (including phenoxy) is 1. The summed E-state index contributed by atoms with van der Waals surface area (Å²) in [6.07, 6.45) is 1.19.